The molecule has 1 unspecified atom stereocenters. The topological polar surface area (TPSA) is 58.4 Å². The summed E-state index contributed by atoms with van der Waals surface area (Å²) >= 11 is 0. The second-order valence-electron chi connectivity index (χ2n) is 6.91. The molecule has 0 bridgehead atoms. The van der Waals surface area contributed by atoms with Crippen LogP contribution in [0, 0.1) is 5.92 Å². The third-order valence-electron chi connectivity index (χ3n) is 5.04. The number of carbonyl (C=O) groups is 2. The summed E-state index contributed by atoms with van der Waals surface area (Å²) in [4.78, 5) is 33.0. The van der Waals surface area contributed by atoms with Crippen LogP contribution in [-0.4, -0.2) is 56.8 Å². The van der Waals surface area contributed by atoms with E-state index in [1.54, 1.807) is 11.1 Å². The number of imidazole rings is 1. The van der Waals surface area contributed by atoms with Crippen molar-refractivity contribution in [3.05, 3.63) is 18.7 Å². The second kappa shape index (κ2) is 6.72. The Balaban J connectivity index is 1.59. The first-order chi connectivity index (χ1) is 11.1. The molecule has 2 aliphatic rings. The van der Waals surface area contributed by atoms with E-state index in [1.165, 1.54) is 0 Å². The first kappa shape index (κ1) is 16.0. The van der Waals surface area contributed by atoms with Crippen molar-refractivity contribution in [2.75, 3.05) is 19.6 Å². The molecule has 0 radical (unpaired) electrons. The maximum atomic E-state index is 12.8. The molecule has 2 fully saturated rings. The van der Waals surface area contributed by atoms with Gasteiger partial charge in [-0.3, -0.25) is 9.59 Å². The number of carbonyl (C=O) groups excluding carboxylic acids is 2. The van der Waals surface area contributed by atoms with Crippen molar-refractivity contribution in [3.63, 3.8) is 0 Å². The number of nitrogens with zero attached hydrogens (tertiary/aromatic N) is 4. The van der Waals surface area contributed by atoms with Gasteiger partial charge in [0.1, 0.15) is 6.04 Å². The fourth-order valence-corrected chi connectivity index (χ4v) is 3.70. The molecule has 0 N–H and O–H groups in total. The van der Waals surface area contributed by atoms with Crippen molar-refractivity contribution in [2.45, 2.75) is 51.6 Å². The molecule has 3 heterocycles. The summed E-state index contributed by atoms with van der Waals surface area (Å²) in [6, 6.07) is 0.188. The molecule has 0 aromatic carbocycles. The molecule has 6 nitrogen and oxygen atoms in total. The molecule has 6 heteroatoms. The average molecular weight is 318 g/mol. The van der Waals surface area contributed by atoms with Gasteiger partial charge in [0.05, 0.1) is 6.33 Å². The van der Waals surface area contributed by atoms with Crippen molar-refractivity contribution in [3.8, 4) is 0 Å². The largest absolute Gasteiger partial charge is 0.341 e. The average Bonchev–Trinajstić information content (AvgIpc) is 3.25. The molecule has 0 saturated carbocycles. The van der Waals surface area contributed by atoms with Gasteiger partial charge in [-0.05, 0) is 25.7 Å². The van der Waals surface area contributed by atoms with E-state index < -0.39 is 0 Å². The molecule has 3 rings (SSSR count). The molecule has 23 heavy (non-hydrogen) atoms. The van der Waals surface area contributed by atoms with E-state index in [-0.39, 0.29) is 23.8 Å². The van der Waals surface area contributed by atoms with E-state index in [9.17, 15) is 9.59 Å². The van der Waals surface area contributed by atoms with Gasteiger partial charge in [0, 0.05) is 44.0 Å². The maximum Gasteiger partial charge on any atom is 0.245 e. The molecular formula is C17H26N4O2. The van der Waals surface area contributed by atoms with Crippen LogP contribution in [0.5, 0.6) is 0 Å². The Hall–Kier alpha value is -1.85. The Morgan fingerprint density at radius 2 is 1.87 bits per heavy atom. The lowest BCUT2D eigenvalue weighted by Crippen LogP contribution is -2.50. The SMILES string of the molecule is CC(C)C(=O)N1CCCC1C(=O)N1CCC(n2ccnc2)CC1. The van der Waals surface area contributed by atoms with Gasteiger partial charge in [0.2, 0.25) is 11.8 Å². The van der Waals surface area contributed by atoms with Gasteiger partial charge in [-0.25, -0.2) is 4.98 Å². The smallest absolute Gasteiger partial charge is 0.245 e. The van der Waals surface area contributed by atoms with Gasteiger partial charge >= 0.3 is 0 Å². The van der Waals surface area contributed by atoms with Crippen LogP contribution in [0.15, 0.2) is 18.7 Å². The summed E-state index contributed by atoms with van der Waals surface area (Å²) in [5.74, 6) is 0.199. The van der Waals surface area contributed by atoms with Gasteiger partial charge in [-0.1, -0.05) is 13.8 Å². The molecule has 0 spiro atoms. The van der Waals surface area contributed by atoms with Crippen LogP contribution in [0.4, 0.5) is 0 Å². The van der Waals surface area contributed by atoms with Crippen LogP contribution in [0.1, 0.15) is 45.6 Å². The van der Waals surface area contributed by atoms with Gasteiger partial charge < -0.3 is 14.4 Å². The van der Waals surface area contributed by atoms with Gasteiger partial charge in [0.15, 0.2) is 0 Å². The quantitative estimate of drug-likeness (QED) is 0.852. The van der Waals surface area contributed by atoms with E-state index in [4.69, 9.17) is 0 Å². The van der Waals surface area contributed by atoms with Crippen LogP contribution in [-0.2, 0) is 9.59 Å². The Labute approximate surface area is 137 Å². The predicted octanol–water partition coefficient (Wildman–Crippen LogP) is 1.69. The fraction of sp³-hybridized carbons (Fsp3) is 0.706. The zero-order valence-corrected chi connectivity index (χ0v) is 14.0. The van der Waals surface area contributed by atoms with Crippen LogP contribution < -0.4 is 0 Å². The van der Waals surface area contributed by atoms with E-state index in [0.717, 1.165) is 45.3 Å². The molecule has 2 saturated heterocycles. The summed E-state index contributed by atoms with van der Waals surface area (Å²) < 4.78 is 2.13. The number of hydrogen-bond acceptors (Lipinski definition) is 3. The van der Waals surface area contributed by atoms with Crippen molar-refractivity contribution in [1.29, 1.82) is 0 Å². The van der Waals surface area contributed by atoms with E-state index in [2.05, 4.69) is 9.55 Å². The standard InChI is InChI=1S/C17H26N4O2/c1-13(2)16(22)21-8-3-4-15(21)17(23)19-9-5-14(6-10-19)20-11-7-18-12-20/h7,11-15H,3-6,8-10H2,1-2H3. The van der Waals surface area contributed by atoms with Crippen molar-refractivity contribution >= 4 is 11.8 Å². The molecule has 1 aromatic heterocycles. The Morgan fingerprint density at radius 1 is 1.13 bits per heavy atom. The third kappa shape index (κ3) is 3.26. The molecule has 1 aromatic rings. The lowest BCUT2D eigenvalue weighted by atomic mass is 10.0. The first-order valence-electron chi connectivity index (χ1n) is 8.64. The number of piperidine rings is 1. The summed E-state index contributed by atoms with van der Waals surface area (Å²) in [6.07, 6.45) is 9.27. The molecule has 1 atom stereocenters. The maximum absolute atomic E-state index is 12.8. The Kier molecular flexibility index (Phi) is 4.68. The lowest BCUT2D eigenvalue weighted by Gasteiger charge is -2.36. The van der Waals surface area contributed by atoms with Gasteiger partial charge in [0.25, 0.3) is 0 Å². The highest BCUT2D eigenvalue weighted by Gasteiger charge is 2.38. The number of aromatic nitrogens is 2. The van der Waals surface area contributed by atoms with Crippen molar-refractivity contribution in [2.24, 2.45) is 5.92 Å². The summed E-state index contributed by atoms with van der Waals surface area (Å²) in [7, 11) is 0. The highest BCUT2D eigenvalue weighted by Crippen LogP contribution is 2.26. The van der Waals surface area contributed by atoms with E-state index in [1.807, 2.05) is 31.3 Å². The van der Waals surface area contributed by atoms with Crippen LogP contribution in [0.3, 0.4) is 0 Å². The van der Waals surface area contributed by atoms with Gasteiger partial charge in [-0.2, -0.15) is 0 Å². The molecule has 2 amide bonds. The number of rotatable bonds is 3. The zero-order chi connectivity index (χ0) is 16.4. The van der Waals surface area contributed by atoms with Crippen LogP contribution in [0.2, 0.25) is 0 Å². The monoisotopic (exact) mass is 318 g/mol. The second-order valence-corrected chi connectivity index (χ2v) is 6.91. The molecule has 126 valence electrons. The van der Waals surface area contributed by atoms with Crippen molar-refractivity contribution < 1.29 is 9.59 Å². The predicted molar refractivity (Wildman–Crippen MR) is 86.7 cm³/mol. The Morgan fingerprint density at radius 3 is 2.48 bits per heavy atom. The number of likely N-dealkylation sites (tertiary alicyclic amines) is 2. The number of amides is 2. The summed E-state index contributed by atoms with van der Waals surface area (Å²) in [6.45, 7) is 6.06. The minimum absolute atomic E-state index is 0.0459. The minimum atomic E-state index is -0.241. The summed E-state index contributed by atoms with van der Waals surface area (Å²) in [5.41, 5.74) is 0. The lowest BCUT2D eigenvalue weighted by molar-refractivity contribution is -0.146. The zero-order valence-electron chi connectivity index (χ0n) is 14.0. The van der Waals surface area contributed by atoms with E-state index >= 15 is 0 Å². The first-order valence-corrected chi connectivity index (χ1v) is 8.64. The van der Waals surface area contributed by atoms with Crippen molar-refractivity contribution in [1.82, 2.24) is 19.4 Å². The highest BCUT2D eigenvalue weighted by atomic mass is 16.2. The third-order valence-corrected chi connectivity index (χ3v) is 5.04. The van der Waals surface area contributed by atoms with E-state index in [0.29, 0.717) is 6.04 Å². The van der Waals surface area contributed by atoms with Gasteiger partial charge in [-0.15, -0.1) is 0 Å². The molecule has 2 aliphatic heterocycles. The summed E-state index contributed by atoms with van der Waals surface area (Å²) in [5, 5.41) is 0. The number of hydrogen-bond donors (Lipinski definition) is 0. The fourth-order valence-electron chi connectivity index (χ4n) is 3.70. The minimum Gasteiger partial charge on any atom is -0.341 e. The Bertz CT molecular complexity index is 547. The van der Waals surface area contributed by atoms with Crippen LogP contribution in [0.25, 0.3) is 0 Å². The molecular weight excluding hydrogens is 292 g/mol. The normalized spacial score (nSPS) is 22.8. The van der Waals surface area contributed by atoms with Crippen LogP contribution >= 0.6 is 0 Å². The highest BCUT2D eigenvalue weighted by molar-refractivity contribution is 5.89. The molecule has 0 aliphatic carbocycles.